The lowest BCUT2D eigenvalue weighted by atomic mass is 10.2. The summed E-state index contributed by atoms with van der Waals surface area (Å²) in [6, 6.07) is 15.3. The number of para-hydroxylation sites is 1. The van der Waals surface area contributed by atoms with E-state index in [0.29, 0.717) is 48.0 Å². The molecule has 35 heavy (non-hydrogen) atoms. The third-order valence-corrected chi connectivity index (χ3v) is 7.32. The molecule has 0 saturated carbocycles. The molecule has 0 aliphatic carbocycles. The van der Waals surface area contributed by atoms with Crippen LogP contribution in [0.5, 0.6) is 0 Å². The first-order valence-electron chi connectivity index (χ1n) is 11.3. The maximum atomic E-state index is 13.9. The molecule has 10 heteroatoms. The SMILES string of the molecule is Cc1c2c(=O)n(-c3nc4ccccc4s3)n(Cc3ccc(F)cc3)c2cc(=O)n1N1CCOCC1. The quantitative estimate of drug-likeness (QED) is 0.387. The molecular formula is C25H22FN5O3S. The van der Waals surface area contributed by atoms with E-state index in [1.165, 1.54) is 34.2 Å². The van der Waals surface area contributed by atoms with E-state index in [0.717, 1.165) is 15.8 Å². The average Bonchev–Trinajstić information content (AvgIpc) is 3.39. The molecule has 8 nitrogen and oxygen atoms in total. The van der Waals surface area contributed by atoms with Gasteiger partial charge in [0.1, 0.15) is 5.82 Å². The first-order chi connectivity index (χ1) is 17.0. The summed E-state index contributed by atoms with van der Waals surface area (Å²) in [7, 11) is 0. The van der Waals surface area contributed by atoms with E-state index in [-0.39, 0.29) is 23.5 Å². The smallest absolute Gasteiger partial charge is 0.283 e. The third kappa shape index (κ3) is 3.65. The Labute approximate surface area is 203 Å². The van der Waals surface area contributed by atoms with E-state index in [1.807, 2.05) is 29.3 Å². The molecule has 178 valence electrons. The molecule has 0 unspecified atom stereocenters. The van der Waals surface area contributed by atoms with E-state index < -0.39 is 0 Å². The Kier molecular flexibility index (Phi) is 5.27. The summed E-state index contributed by atoms with van der Waals surface area (Å²) < 4.78 is 24.8. The Morgan fingerprint density at radius 1 is 1.06 bits per heavy atom. The highest BCUT2D eigenvalue weighted by molar-refractivity contribution is 7.20. The van der Waals surface area contributed by atoms with Gasteiger partial charge in [-0.2, -0.15) is 4.68 Å². The number of pyridine rings is 1. The second-order valence-corrected chi connectivity index (χ2v) is 9.48. The minimum Gasteiger partial charge on any atom is -0.378 e. The molecule has 2 aromatic carbocycles. The standard InChI is InChI=1S/C25H22FN5O3S/c1-16-23-20(14-22(32)30(16)28-10-12-34-13-11-28)29(15-17-6-8-18(26)9-7-17)31(24(23)33)25-27-19-4-2-3-5-21(19)35-25/h2-9,14H,10-13,15H2,1H3. The molecule has 0 N–H and O–H groups in total. The van der Waals surface area contributed by atoms with Gasteiger partial charge in [0, 0.05) is 6.07 Å². The number of hydrogen-bond acceptors (Lipinski definition) is 6. The lowest BCUT2D eigenvalue weighted by Crippen LogP contribution is -2.49. The largest absolute Gasteiger partial charge is 0.378 e. The van der Waals surface area contributed by atoms with Crippen LogP contribution in [0, 0.1) is 12.7 Å². The van der Waals surface area contributed by atoms with Gasteiger partial charge in [0.25, 0.3) is 11.1 Å². The van der Waals surface area contributed by atoms with Crippen LogP contribution in [0.15, 0.2) is 64.2 Å². The van der Waals surface area contributed by atoms with Crippen LogP contribution < -0.4 is 16.1 Å². The van der Waals surface area contributed by atoms with E-state index in [2.05, 4.69) is 0 Å². The minimum absolute atomic E-state index is 0.216. The molecule has 1 saturated heterocycles. The molecular weight excluding hydrogens is 469 g/mol. The minimum atomic E-state index is -0.334. The van der Waals surface area contributed by atoms with Gasteiger partial charge in [-0.1, -0.05) is 35.6 Å². The summed E-state index contributed by atoms with van der Waals surface area (Å²) >= 11 is 1.41. The molecule has 1 aliphatic heterocycles. The van der Waals surface area contributed by atoms with Crippen LogP contribution in [0.1, 0.15) is 11.3 Å². The van der Waals surface area contributed by atoms with Gasteiger partial charge in [-0.25, -0.2) is 14.1 Å². The number of benzene rings is 2. The first-order valence-corrected chi connectivity index (χ1v) is 12.1. The normalized spacial score (nSPS) is 14.3. The van der Waals surface area contributed by atoms with Crippen molar-refractivity contribution in [3.05, 3.63) is 92.4 Å². The highest BCUT2D eigenvalue weighted by atomic mass is 32.1. The molecule has 0 atom stereocenters. The van der Waals surface area contributed by atoms with E-state index in [1.54, 1.807) is 28.4 Å². The monoisotopic (exact) mass is 491 g/mol. The van der Waals surface area contributed by atoms with Crippen molar-refractivity contribution in [3.8, 4) is 5.13 Å². The van der Waals surface area contributed by atoms with Gasteiger partial charge < -0.3 is 9.75 Å². The number of aryl methyl sites for hydroxylation is 1. The number of ether oxygens (including phenoxy) is 1. The summed E-state index contributed by atoms with van der Waals surface area (Å²) in [5, 5.41) is 2.89. The van der Waals surface area contributed by atoms with Crippen molar-refractivity contribution in [1.82, 2.24) is 19.0 Å². The topological polar surface area (TPSA) is 74.3 Å². The predicted molar refractivity (Wildman–Crippen MR) is 134 cm³/mol. The molecule has 4 heterocycles. The van der Waals surface area contributed by atoms with Gasteiger partial charge in [-0.3, -0.25) is 14.3 Å². The van der Waals surface area contributed by atoms with Gasteiger partial charge in [0.2, 0.25) is 5.13 Å². The number of nitrogens with zero attached hydrogens (tertiary/aromatic N) is 5. The zero-order valence-electron chi connectivity index (χ0n) is 19.0. The number of fused-ring (bicyclic) bond motifs is 2. The van der Waals surface area contributed by atoms with Crippen LogP contribution in [-0.2, 0) is 11.3 Å². The Morgan fingerprint density at radius 2 is 1.80 bits per heavy atom. The van der Waals surface area contributed by atoms with E-state index >= 15 is 0 Å². The Bertz CT molecular complexity index is 1640. The lowest BCUT2D eigenvalue weighted by Gasteiger charge is -2.31. The van der Waals surface area contributed by atoms with Crippen molar-refractivity contribution in [2.45, 2.75) is 13.5 Å². The number of hydrogen-bond donors (Lipinski definition) is 0. The maximum Gasteiger partial charge on any atom is 0.283 e. The Morgan fingerprint density at radius 3 is 2.54 bits per heavy atom. The van der Waals surface area contributed by atoms with Crippen LogP contribution in [0.2, 0.25) is 0 Å². The van der Waals surface area contributed by atoms with Crippen molar-refractivity contribution < 1.29 is 9.13 Å². The fraction of sp³-hybridized carbons (Fsp3) is 0.240. The van der Waals surface area contributed by atoms with Crippen LogP contribution in [0.3, 0.4) is 0 Å². The zero-order valence-corrected chi connectivity index (χ0v) is 19.8. The van der Waals surface area contributed by atoms with Crippen LogP contribution >= 0.6 is 11.3 Å². The molecule has 0 bridgehead atoms. The third-order valence-electron chi connectivity index (χ3n) is 6.31. The van der Waals surface area contributed by atoms with Crippen molar-refractivity contribution in [2.24, 2.45) is 0 Å². The molecule has 0 radical (unpaired) electrons. The van der Waals surface area contributed by atoms with Crippen LogP contribution in [-0.4, -0.2) is 45.3 Å². The Hall–Kier alpha value is -3.76. The van der Waals surface area contributed by atoms with Gasteiger partial charge in [-0.15, -0.1) is 0 Å². The van der Waals surface area contributed by atoms with Gasteiger partial charge in [0.15, 0.2) is 0 Å². The van der Waals surface area contributed by atoms with E-state index in [4.69, 9.17) is 9.72 Å². The summed E-state index contributed by atoms with van der Waals surface area (Å²) in [5.74, 6) is -0.334. The number of halogens is 1. The number of rotatable bonds is 4. The summed E-state index contributed by atoms with van der Waals surface area (Å²) in [6.07, 6.45) is 0. The summed E-state index contributed by atoms with van der Waals surface area (Å²) in [6.45, 7) is 4.24. The number of morpholine rings is 1. The van der Waals surface area contributed by atoms with Crippen molar-refractivity contribution in [3.63, 3.8) is 0 Å². The van der Waals surface area contributed by atoms with Crippen molar-refractivity contribution in [1.29, 1.82) is 0 Å². The Balaban J connectivity index is 1.62. The average molecular weight is 492 g/mol. The van der Waals surface area contributed by atoms with E-state index in [9.17, 15) is 14.0 Å². The highest BCUT2D eigenvalue weighted by Gasteiger charge is 2.24. The van der Waals surface area contributed by atoms with Crippen LogP contribution in [0.25, 0.3) is 26.3 Å². The maximum absolute atomic E-state index is 13.9. The highest BCUT2D eigenvalue weighted by Crippen LogP contribution is 2.26. The van der Waals surface area contributed by atoms with Crippen molar-refractivity contribution >= 4 is 32.5 Å². The predicted octanol–water partition coefficient (Wildman–Crippen LogP) is 3.03. The molecule has 3 aromatic heterocycles. The van der Waals surface area contributed by atoms with Gasteiger partial charge >= 0.3 is 0 Å². The van der Waals surface area contributed by atoms with Gasteiger partial charge in [0.05, 0.1) is 59.7 Å². The molecule has 1 aliphatic rings. The zero-order chi connectivity index (χ0) is 24.1. The molecule has 0 amide bonds. The molecule has 1 fully saturated rings. The molecule has 6 rings (SSSR count). The van der Waals surface area contributed by atoms with Crippen LogP contribution in [0.4, 0.5) is 4.39 Å². The van der Waals surface area contributed by atoms with Gasteiger partial charge in [-0.05, 0) is 36.8 Å². The summed E-state index contributed by atoms with van der Waals surface area (Å²) in [4.78, 5) is 31.9. The molecule has 5 aromatic rings. The summed E-state index contributed by atoms with van der Waals surface area (Å²) in [5.41, 5.74) is 2.22. The second kappa shape index (κ2) is 8.47. The van der Waals surface area contributed by atoms with Crippen molar-refractivity contribution in [2.75, 3.05) is 31.3 Å². The lowest BCUT2D eigenvalue weighted by molar-refractivity contribution is 0.110. The first kappa shape index (κ1) is 21.8. The number of aromatic nitrogens is 4. The number of thiazole rings is 1. The fourth-order valence-corrected chi connectivity index (χ4v) is 5.64. The molecule has 0 spiro atoms. The fourth-order valence-electron chi connectivity index (χ4n) is 4.66. The second-order valence-electron chi connectivity index (χ2n) is 8.47.